The van der Waals surface area contributed by atoms with Crippen molar-refractivity contribution in [3.8, 4) is 0 Å². The van der Waals surface area contributed by atoms with Crippen molar-refractivity contribution in [1.29, 1.82) is 0 Å². The second-order valence-electron chi connectivity index (χ2n) is 5.82. The van der Waals surface area contributed by atoms with E-state index in [1.165, 1.54) is 18.3 Å². The lowest BCUT2D eigenvalue weighted by molar-refractivity contribution is 0.0937. The predicted octanol–water partition coefficient (Wildman–Crippen LogP) is 2.99. The van der Waals surface area contributed by atoms with Crippen molar-refractivity contribution >= 4 is 5.91 Å². The van der Waals surface area contributed by atoms with E-state index in [0.717, 1.165) is 30.5 Å². The van der Waals surface area contributed by atoms with Gasteiger partial charge in [0, 0.05) is 6.04 Å². The Hall–Kier alpha value is -2.30. The molecule has 1 aromatic heterocycles. The van der Waals surface area contributed by atoms with E-state index in [4.69, 9.17) is 0 Å². The van der Waals surface area contributed by atoms with E-state index in [0.29, 0.717) is 11.5 Å². The van der Waals surface area contributed by atoms with E-state index < -0.39 is 0 Å². The highest BCUT2D eigenvalue weighted by Gasteiger charge is 2.27. The molecular formula is C17H18FN3O. The van der Waals surface area contributed by atoms with Gasteiger partial charge in [0.15, 0.2) is 0 Å². The molecule has 2 unspecified atom stereocenters. The Balaban J connectivity index is 1.61. The fourth-order valence-corrected chi connectivity index (χ4v) is 3.02. The molecule has 114 valence electrons. The van der Waals surface area contributed by atoms with Crippen LogP contribution in [0.1, 0.15) is 46.8 Å². The molecule has 0 bridgehead atoms. The number of halogens is 1. The third-order valence-electron chi connectivity index (χ3n) is 4.15. The minimum absolute atomic E-state index is 0.109. The molecule has 1 aromatic carbocycles. The molecule has 1 amide bonds. The van der Waals surface area contributed by atoms with E-state index in [9.17, 15) is 9.18 Å². The Kier molecular flexibility index (Phi) is 4.13. The lowest BCUT2D eigenvalue weighted by atomic mass is 9.97. The summed E-state index contributed by atoms with van der Waals surface area (Å²) in [5.74, 6) is 0.0538. The van der Waals surface area contributed by atoms with Gasteiger partial charge in [-0.15, -0.1) is 0 Å². The van der Waals surface area contributed by atoms with Crippen LogP contribution < -0.4 is 5.32 Å². The van der Waals surface area contributed by atoms with Crippen molar-refractivity contribution < 1.29 is 9.18 Å². The van der Waals surface area contributed by atoms with Crippen molar-refractivity contribution in [2.24, 2.45) is 0 Å². The van der Waals surface area contributed by atoms with Crippen molar-refractivity contribution in [2.45, 2.75) is 38.1 Å². The Labute approximate surface area is 128 Å². The summed E-state index contributed by atoms with van der Waals surface area (Å²) in [5.41, 5.74) is 2.40. The van der Waals surface area contributed by atoms with Gasteiger partial charge in [0.25, 0.3) is 5.91 Å². The lowest BCUT2D eigenvalue weighted by Gasteiger charge is -2.14. The zero-order valence-corrected chi connectivity index (χ0v) is 12.4. The number of benzene rings is 1. The number of aromatic nitrogens is 2. The largest absolute Gasteiger partial charge is 0.349 e. The van der Waals surface area contributed by atoms with Gasteiger partial charge in [-0.25, -0.2) is 4.39 Å². The Morgan fingerprint density at radius 1 is 1.27 bits per heavy atom. The summed E-state index contributed by atoms with van der Waals surface area (Å²) < 4.78 is 13.0. The second-order valence-corrected chi connectivity index (χ2v) is 5.82. The molecule has 2 aromatic rings. The summed E-state index contributed by atoms with van der Waals surface area (Å²) in [5, 5.41) is 10.7. The molecule has 1 N–H and O–H groups in total. The molecule has 2 atom stereocenters. The summed E-state index contributed by atoms with van der Waals surface area (Å²) in [6, 6.07) is 8.53. The van der Waals surface area contributed by atoms with Crippen LogP contribution in [-0.4, -0.2) is 22.1 Å². The molecular weight excluding hydrogens is 281 g/mol. The first kappa shape index (κ1) is 14.6. The van der Waals surface area contributed by atoms with Crippen molar-refractivity contribution in [1.82, 2.24) is 15.5 Å². The van der Waals surface area contributed by atoms with E-state index in [1.807, 2.05) is 19.1 Å². The summed E-state index contributed by atoms with van der Waals surface area (Å²) in [7, 11) is 0. The average Bonchev–Trinajstić information content (AvgIpc) is 2.96. The van der Waals surface area contributed by atoms with Crippen LogP contribution in [0, 0.1) is 12.7 Å². The maximum atomic E-state index is 13.0. The van der Waals surface area contributed by atoms with Crippen LogP contribution in [-0.2, 0) is 0 Å². The van der Waals surface area contributed by atoms with Crippen LogP contribution in [0.4, 0.5) is 4.39 Å². The Morgan fingerprint density at radius 2 is 2.05 bits per heavy atom. The molecule has 1 heterocycles. The molecule has 0 radical (unpaired) electrons. The van der Waals surface area contributed by atoms with Gasteiger partial charge in [-0.1, -0.05) is 12.1 Å². The van der Waals surface area contributed by atoms with Crippen molar-refractivity contribution in [2.75, 3.05) is 0 Å². The van der Waals surface area contributed by atoms with Crippen LogP contribution in [0.5, 0.6) is 0 Å². The number of hydrogen-bond donors (Lipinski definition) is 1. The molecule has 1 aliphatic carbocycles. The van der Waals surface area contributed by atoms with Gasteiger partial charge >= 0.3 is 0 Å². The molecule has 0 saturated heterocycles. The second kappa shape index (κ2) is 6.22. The molecule has 1 aliphatic rings. The van der Waals surface area contributed by atoms with Crippen LogP contribution in [0.3, 0.4) is 0 Å². The SMILES string of the molecule is Cc1cc(C(=O)NC2CCC(c3ccc(F)cc3)C2)cnn1. The number of hydrogen-bond acceptors (Lipinski definition) is 3. The van der Waals surface area contributed by atoms with Gasteiger partial charge in [-0.2, -0.15) is 10.2 Å². The third-order valence-corrected chi connectivity index (χ3v) is 4.15. The molecule has 4 nitrogen and oxygen atoms in total. The maximum absolute atomic E-state index is 13.0. The number of aryl methyl sites for hydroxylation is 1. The number of carbonyl (C=O) groups is 1. The van der Waals surface area contributed by atoms with Gasteiger partial charge in [0.1, 0.15) is 5.82 Å². The number of rotatable bonds is 3. The van der Waals surface area contributed by atoms with E-state index >= 15 is 0 Å². The van der Waals surface area contributed by atoms with Gasteiger partial charge in [-0.3, -0.25) is 4.79 Å². The lowest BCUT2D eigenvalue weighted by Crippen LogP contribution is -2.33. The summed E-state index contributed by atoms with van der Waals surface area (Å²) in [4.78, 5) is 12.2. The van der Waals surface area contributed by atoms with Crippen LogP contribution in [0.15, 0.2) is 36.5 Å². The topological polar surface area (TPSA) is 54.9 Å². The van der Waals surface area contributed by atoms with Crippen LogP contribution >= 0.6 is 0 Å². The summed E-state index contributed by atoms with van der Waals surface area (Å²) in [6.45, 7) is 1.81. The number of nitrogens with one attached hydrogen (secondary N) is 1. The first-order valence-corrected chi connectivity index (χ1v) is 7.47. The van der Waals surface area contributed by atoms with E-state index in [1.54, 1.807) is 6.07 Å². The monoisotopic (exact) mass is 299 g/mol. The smallest absolute Gasteiger partial charge is 0.253 e. The minimum atomic E-state index is -0.216. The number of amides is 1. The molecule has 1 fully saturated rings. The highest BCUT2D eigenvalue weighted by atomic mass is 19.1. The van der Waals surface area contributed by atoms with E-state index in [2.05, 4.69) is 15.5 Å². The van der Waals surface area contributed by atoms with E-state index in [-0.39, 0.29) is 17.8 Å². The van der Waals surface area contributed by atoms with Crippen LogP contribution in [0.25, 0.3) is 0 Å². The van der Waals surface area contributed by atoms with Crippen molar-refractivity contribution in [3.63, 3.8) is 0 Å². The first-order chi connectivity index (χ1) is 10.6. The molecule has 1 saturated carbocycles. The fraction of sp³-hybridized carbons (Fsp3) is 0.353. The predicted molar refractivity (Wildman–Crippen MR) is 81.0 cm³/mol. The maximum Gasteiger partial charge on any atom is 0.253 e. The number of nitrogens with zero attached hydrogens (tertiary/aromatic N) is 2. The normalized spacial score (nSPS) is 20.8. The standard InChI is InChI=1S/C17H18FN3O/c1-11-8-14(10-19-21-11)17(22)20-16-7-4-13(9-16)12-2-5-15(18)6-3-12/h2-3,5-6,8,10,13,16H,4,7,9H2,1H3,(H,20,22). The molecule has 0 aliphatic heterocycles. The highest BCUT2D eigenvalue weighted by molar-refractivity contribution is 5.94. The fourth-order valence-electron chi connectivity index (χ4n) is 3.02. The Morgan fingerprint density at radius 3 is 2.77 bits per heavy atom. The molecule has 3 rings (SSSR count). The first-order valence-electron chi connectivity index (χ1n) is 7.47. The van der Waals surface area contributed by atoms with Gasteiger partial charge in [0.05, 0.1) is 17.5 Å². The zero-order valence-electron chi connectivity index (χ0n) is 12.4. The molecule has 22 heavy (non-hydrogen) atoms. The van der Waals surface area contributed by atoms with Gasteiger partial charge < -0.3 is 5.32 Å². The average molecular weight is 299 g/mol. The Bertz CT molecular complexity index is 672. The van der Waals surface area contributed by atoms with Crippen LogP contribution in [0.2, 0.25) is 0 Å². The quantitative estimate of drug-likeness (QED) is 0.948. The zero-order chi connectivity index (χ0) is 15.5. The highest BCUT2D eigenvalue weighted by Crippen LogP contribution is 2.34. The summed E-state index contributed by atoms with van der Waals surface area (Å²) in [6.07, 6.45) is 4.30. The summed E-state index contributed by atoms with van der Waals surface area (Å²) >= 11 is 0. The minimum Gasteiger partial charge on any atom is -0.349 e. The third kappa shape index (κ3) is 3.30. The van der Waals surface area contributed by atoms with Gasteiger partial charge in [0.2, 0.25) is 0 Å². The van der Waals surface area contributed by atoms with Crippen molar-refractivity contribution in [3.05, 3.63) is 59.2 Å². The molecule has 0 spiro atoms. The molecule has 5 heteroatoms. The van der Waals surface area contributed by atoms with Gasteiger partial charge in [-0.05, 0) is 55.9 Å². The number of carbonyl (C=O) groups excluding carboxylic acids is 1.